The van der Waals surface area contributed by atoms with Crippen LogP contribution in [0.5, 0.6) is 0 Å². The lowest BCUT2D eigenvalue weighted by molar-refractivity contribution is 0.0998. The van der Waals surface area contributed by atoms with Crippen LogP contribution in [0.1, 0.15) is 34.8 Å². The Labute approximate surface area is 129 Å². The Morgan fingerprint density at radius 3 is 2.67 bits per heavy atom. The normalized spacial score (nSPS) is 17.3. The zero-order chi connectivity index (χ0) is 15.0. The topological polar surface area (TPSA) is 58.9 Å². The van der Waals surface area contributed by atoms with Gasteiger partial charge in [-0.3, -0.25) is 4.79 Å². The highest BCUT2D eigenvalue weighted by atomic mass is 32.1. The fourth-order valence-electron chi connectivity index (χ4n) is 3.14. The molecule has 3 nitrogen and oxygen atoms in total. The maximum absolute atomic E-state index is 11.8. The quantitative estimate of drug-likeness (QED) is 0.832. The first-order valence-corrected chi connectivity index (χ1v) is 7.62. The van der Waals surface area contributed by atoms with E-state index in [1.165, 1.54) is 5.56 Å². The summed E-state index contributed by atoms with van der Waals surface area (Å²) in [7, 11) is 0. The second kappa shape index (κ2) is 5.45. The van der Waals surface area contributed by atoms with Crippen LogP contribution in [0.25, 0.3) is 11.3 Å². The number of pyridine rings is 1. The zero-order valence-electron chi connectivity index (χ0n) is 12.0. The molecule has 1 aliphatic carbocycles. The van der Waals surface area contributed by atoms with Gasteiger partial charge in [0.15, 0.2) is 0 Å². The van der Waals surface area contributed by atoms with E-state index in [2.05, 4.69) is 24.0 Å². The van der Waals surface area contributed by atoms with Crippen molar-refractivity contribution >= 4 is 18.1 Å². The van der Waals surface area contributed by atoms with E-state index in [0.29, 0.717) is 16.1 Å². The van der Waals surface area contributed by atoms with Crippen molar-refractivity contribution in [1.82, 2.24) is 4.98 Å². The number of nitrogens with one attached hydrogen (secondary N) is 1. The Balaban J connectivity index is 2.30. The maximum Gasteiger partial charge on any atom is 0.251 e. The number of nitrogens with two attached hydrogens (primary N) is 1. The van der Waals surface area contributed by atoms with E-state index in [-0.39, 0.29) is 0 Å². The monoisotopic (exact) mass is 298 g/mol. The third-order valence-electron chi connectivity index (χ3n) is 4.18. The van der Waals surface area contributed by atoms with Crippen molar-refractivity contribution in [2.45, 2.75) is 26.2 Å². The SMILES string of the molecule is CC1CCc2c(c(-c3ccccc3)[nH]c(=S)c2C(N)=O)C1. The third kappa shape index (κ3) is 2.51. The van der Waals surface area contributed by atoms with Gasteiger partial charge in [0.25, 0.3) is 5.91 Å². The molecule has 3 rings (SSSR count). The molecule has 0 radical (unpaired) electrons. The number of primary amides is 1. The van der Waals surface area contributed by atoms with Crippen molar-refractivity contribution < 1.29 is 4.79 Å². The van der Waals surface area contributed by atoms with Crippen molar-refractivity contribution in [3.63, 3.8) is 0 Å². The van der Waals surface area contributed by atoms with Gasteiger partial charge in [-0.05, 0) is 41.9 Å². The number of carbonyl (C=O) groups is 1. The molecule has 0 aliphatic heterocycles. The van der Waals surface area contributed by atoms with Gasteiger partial charge in [0.1, 0.15) is 4.64 Å². The molecule has 1 aromatic carbocycles. The molecule has 0 saturated carbocycles. The number of hydrogen-bond donors (Lipinski definition) is 2. The Hall–Kier alpha value is -1.94. The molecule has 1 unspecified atom stereocenters. The van der Waals surface area contributed by atoms with Crippen LogP contribution in [0.4, 0.5) is 0 Å². The fourth-order valence-corrected chi connectivity index (χ4v) is 3.47. The van der Waals surface area contributed by atoms with Gasteiger partial charge in [-0.15, -0.1) is 0 Å². The van der Waals surface area contributed by atoms with E-state index in [9.17, 15) is 4.79 Å². The van der Waals surface area contributed by atoms with E-state index in [0.717, 1.165) is 36.1 Å². The van der Waals surface area contributed by atoms with Gasteiger partial charge < -0.3 is 10.7 Å². The number of hydrogen-bond acceptors (Lipinski definition) is 2. The number of fused-ring (bicyclic) bond motifs is 1. The van der Waals surface area contributed by atoms with Crippen molar-refractivity contribution in [3.05, 3.63) is 51.7 Å². The zero-order valence-corrected chi connectivity index (χ0v) is 12.8. The van der Waals surface area contributed by atoms with E-state index >= 15 is 0 Å². The van der Waals surface area contributed by atoms with Crippen LogP contribution in [0, 0.1) is 10.6 Å². The van der Waals surface area contributed by atoms with Gasteiger partial charge >= 0.3 is 0 Å². The van der Waals surface area contributed by atoms with Gasteiger partial charge in [-0.25, -0.2) is 0 Å². The van der Waals surface area contributed by atoms with E-state index in [1.807, 2.05) is 18.2 Å². The highest BCUT2D eigenvalue weighted by Crippen LogP contribution is 2.34. The molecule has 4 heteroatoms. The molecule has 2 aromatic rings. The smallest absolute Gasteiger partial charge is 0.251 e. The van der Waals surface area contributed by atoms with Crippen LogP contribution < -0.4 is 5.73 Å². The van der Waals surface area contributed by atoms with Gasteiger partial charge in [0.05, 0.1) is 5.56 Å². The lowest BCUT2D eigenvalue weighted by Gasteiger charge is -2.26. The molecule has 1 atom stereocenters. The molecular formula is C17H18N2OS. The predicted octanol–water partition coefficient (Wildman–Crippen LogP) is 3.63. The molecule has 0 fully saturated rings. The molecule has 0 saturated heterocycles. The summed E-state index contributed by atoms with van der Waals surface area (Å²) in [6.45, 7) is 2.24. The Morgan fingerprint density at radius 1 is 1.29 bits per heavy atom. The largest absolute Gasteiger partial charge is 0.365 e. The van der Waals surface area contributed by atoms with Crippen LogP contribution in [-0.4, -0.2) is 10.9 Å². The highest BCUT2D eigenvalue weighted by molar-refractivity contribution is 7.71. The number of amides is 1. The maximum atomic E-state index is 11.8. The van der Waals surface area contributed by atoms with Gasteiger partial charge in [0, 0.05) is 5.69 Å². The summed E-state index contributed by atoms with van der Waals surface area (Å²) < 4.78 is 0.453. The minimum absolute atomic E-state index is 0.429. The molecule has 1 aromatic heterocycles. The molecule has 1 aliphatic rings. The van der Waals surface area contributed by atoms with Crippen LogP contribution in [0.2, 0.25) is 0 Å². The Bertz CT molecular complexity index is 749. The second-order valence-electron chi connectivity index (χ2n) is 5.74. The summed E-state index contributed by atoms with van der Waals surface area (Å²) in [5.74, 6) is 0.173. The summed E-state index contributed by atoms with van der Waals surface area (Å²) in [6.07, 6.45) is 2.89. The van der Waals surface area contributed by atoms with Crippen LogP contribution in [-0.2, 0) is 12.8 Å². The Morgan fingerprint density at radius 2 is 2.00 bits per heavy atom. The molecule has 0 spiro atoms. The van der Waals surface area contributed by atoms with Gasteiger partial charge in [0.2, 0.25) is 0 Å². The first kappa shape index (κ1) is 14.0. The van der Waals surface area contributed by atoms with Crippen molar-refractivity contribution in [3.8, 4) is 11.3 Å². The first-order chi connectivity index (χ1) is 10.1. The van der Waals surface area contributed by atoms with Crippen LogP contribution in [0.15, 0.2) is 30.3 Å². The summed E-state index contributed by atoms with van der Waals surface area (Å²) in [5.41, 5.74) is 10.4. The molecule has 1 amide bonds. The highest BCUT2D eigenvalue weighted by Gasteiger charge is 2.25. The Kier molecular flexibility index (Phi) is 3.64. The summed E-state index contributed by atoms with van der Waals surface area (Å²) >= 11 is 5.37. The van der Waals surface area contributed by atoms with Gasteiger partial charge in [-0.2, -0.15) is 0 Å². The van der Waals surface area contributed by atoms with E-state index in [4.69, 9.17) is 18.0 Å². The number of H-pyrrole nitrogens is 1. The first-order valence-electron chi connectivity index (χ1n) is 7.21. The predicted molar refractivity (Wildman–Crippen MR) is 86.8 cm³/mol. The number of aromatic amines is 1. The van der Waals surface area contributed by atoms with Crippen molar-refractivity contribution in [2.75, 3.05) is 0 Å². The summed E-state index contributed by atoms with van der Waals surface area (Å²) in [5, 5.41) is 0. The third-order valence-corrected chi connectivity index (χ3v) is 4.49. The number of aromatic nitrogens is 1. The summed E-state index contributed by atoms with van der Waals surface area (Å²) in [4.78, 5) is 15.0. The lowest BCUT2D eigenvalue weighted by Crippen LogP contribution is -2.22. The number of rotatable bonds is 2. The molecule has 108 valence electrons. The van der Waals surface area contributed by atoms with E-state index < -0.39 is 5.91 Å². The van der Waals surface area contributed by atoms with Crippen LogP contribution >= 0.6 is 12.2 Å². The second-order valence-corrected chi connectivity index (χ2v) is 6.15. The molecule has 1 heterocycles. The molecule has 3 N–H and O–H groups in total. The minimum Gasteiger partial charge on any atom is -0.365 e. The molecule has 0 bridgehead atoms. The fraction of sp³-hybridized carbons (Fsp3) is 0.294. The van der Waals surface area contributed by atoms with Crippen LogP contribution in [0.3, 0.4) is 0 Å². The lowest BCUT2D eigenvalue weighted by atomic mass is 9.81. The molecule has 21 heavy (non-hydrogen) atoms. The molecular weight excluding hydrogens is 280 g/mol. The number of benzene rings is 1. The van der Waals surface area contributed by atoms with E-state index in [1.54, 1.807) is 0 Å². The average molecular weight is 298 g/mol. The van der Waals surface area contributed by atoms with Crippen molar-refractivity contribution in [2.24, 2.45) is 11.7 Å². The van der Waals surface area contributed by atoms with Crippen molar-refractivity contribution in [1.29, 1.82) is 0 Å². The average Bonchev–Trinajstić information content (AvgIpc) is 2.47. The standard InChI is InChI=1S/C17H18N2OS/c1-10-7-8-12-13(9-10)15(11-5-3-2-4-6-11)19-17(21)14(12)16(18)20/h2-6,10H,7-9H2,1H3,(H2,18,20)(H,19,21). The van der Waals surface area contributed by atoms with Gasteiger partial charge in [-0.1, -0.05) is 49.5 Å². The minimum atomic E-state index is -0.429. The number of carbonyl (C=O) groups excluding carboxylic acids is 1. The summed E-state index contributed by atoms with van der Waals surface area (Å²) in [6, 6.07) is 10.1.